The molecule has 1 unspecified atom stereocenters. The number of ether oxygens (including phenoxy) is 1. The Morgan fingerprint density at radius 1 is 1.12 bits per heavy atom. The Hall–Kier alpha value is -3.10. The molecule has 2 aromatic heterocycles. The maximum Gasteiger partial charge on any atom is 0.236 e. The van der Waals surface area contributed by atoms with E-state index in [-0.39, 0.29) is 36.4 Å². The Balaban J connectivity index is 1.27. The summed E-state index contributed by atoms with van der Waals surface area (Å²) in [6.07, 6.45) is 0.115. The zero-order valence-corrected chi connectivity index (χ0v) is 20.1. The van der Waals surface area contributed by atoms with Crippen LogP contribution in [0.25, 0.3) is 0 Å². The van der Waals surface area contributed by atoms with Crippen molar-refractivity contribution in [1.82, 2.24) is 20.4 Å². The van der Waals surface area contributed by atoms with E-state index in [1.807, 2.05) is 0 Å². The summed E-state index contributed by atoms with van der Waals surface area (Å²) in [6, 6.07) is 7.11. The first-order valence-corrected chi connectivity index (χ1v) is 12.3. The molecular weight excluding hydrogens is 486 g/mol. The number of amides is 3. The molecular formula is C19H19N7O4S3. The molecule has 3 aromatic rings. The number of benzene rings is 1. The summed E-state index contributed by atoms with van der Waals surface area (Å²) < 4.78 is 5.67. The highest BCUT2D eigenvalue weighted by Crippen LogP contribution is 2.29. The summed E-state index contributed by atoms with van der Waals surface area (Å²) in [5, 5.41) is 22.6. The minimum absolute atomic E-state index is 0.115. The first kappa shape index (κ1) is 23.1. The smallest absolute Gasteiger partial charge is 0.236 e. The highest BCUT2D eigenvalue weighted by molar-refractivity contribution is 8.01. The minimum atomic E-state index is -0.499. The molecule has 0 bridgehead atoms. The predicted octanol–water partition coefficient (Wildman–Crippen LogP) is 2.43. The first-order valence-electron chi connectivity index (χ1n) is 9.73. The van der Waals surface area contributed by atoms with Crippen molar-refractivity contribution in [2.45, 2.75) is 17.7 Å². The minimum Gasteiger partial charge on any atom is -0.497 e. The Bertz CT molecular complexity index is 1160. The molecule has 0 spiro atoms. The number of carbonyl (C=O) groups is 3. The quantitative estimate of drug-likeness (QED) is 0.349. The van der Waals surface area contributed by atoms with Crippen molar-refractivity contribution in [2.75, 3.05) is 34.9 Å². The lowest BCUT2D eigenvalue weighted by Crippen LogP contribution is -2.28. The van der Waals surface area contributed by atoms with Gasteiger partial charge in [0, 0.05) is 18.7 Å². The largest absolute Gasteiger partial charge is 0.497 e. The molecule has 3 heterocycles. The molecule has 1 aliphatic heterocycles. The summed E-state index contributed by atoms with van der Waals surface area (Å²) in [6.45, 7) is 2.08. The van der Waals surface area contributed by atoms with Crippen LogP contribution in [0.2, 0.25) is 0 Å². The highest BCUT2D eigenvalue weighted by Gasteiger charge is 2.35. The third-order valence-electron chi connectivity index (χ3n) is 4.62. The van der Waals surface area contributed by atoms with Gasteiger partial charge in [-0.05, 0) is 31.2 Å². The number of aromatic nitrogens is 4. The van der Waals surface area contributed by atoms with Gasteiger partial charge in [-0.1, -0.05) is 34.4 Å². The van der Waals surface area contributed by atoms with E-state index in [0.717, 1.165) is 5.01 Å². The fraction of sp³-hybridized carbons (Fsp3) is 0.316. The van der Waals surface area contributed by atoms with Gasteiger partial charge < -0.3 is 15.0 Å². The number of anilines is 3. The van der Waals surface area contributed by atoms with Crippen LogP contribution in [-0.4, -0.2) is 57.5 Å². The second-order valence-corrected chi connectivity index (χ2v) is 10.3. The van der Waals surface area contributed by atoms with E-state index in [1.165, 1.54) is 34.4 Å². The molecule has 3 amide bonds. The van der Waals surface area contributed by atoms with E-state index >= 15 is 0 Å². The summed E-state index contributed by atoms with van der Waals surface area (Å²) in [5.74, 6) is -0.338. The summed E-state index contributed by atoms with van der Waals surface area (Å²) in [5.41, 5.74) is 0.715. The fourth-order valence-corrected chi connectivity index (χ4v) is 5.21. The Morgan fingerprint density at radius 2 is 1.85 bits per heavy atom. The second-order valence-electron chi connectivity index (χ2n) is 6.93. The van der Waals surface area contributed by atoms with Gasteiger partial charge in [-0.2, -0.15) is 0 Å². The van der Waals surface area contributed by atoms with Crippen LogP contribution >= 0.6 is 34.4 Å². The van der Waals surface area contributed by atoms with Crippen LogP contribution in [-0.2, 0) is 14.4 Å². The van der Waals surface area contributed by atoms with Gasteiger partial charge in [-0.3, -0.25) is 19.7 Å². The Kier molecular flexibility index (Phi) is 7.15. The molecule has 33 heavy (non-hydrogen) atoms. The van der Waals surface area contributed by atoms with Gasteiger partial charge in [0.25, 0.3) is 0 Å². The highest BCUT2D eigenvalue weighted by atomic mass is 32.2. The number of methoxy groups -OCH3 is 1. The molecule has 1 aliphatic rings. The average molecular weight is 506 g/mol. The van der Waals surface area contributed by atoms with Crippen LogP contribution in [0.3, 0.4) is 0 Å². The lowest BCUT2D eigenvalue weighted by molar-refractivity contribution is -0.122. The summed E-state index contributed by atoms with van der Waals surface area (Å²) >= 11 is 3.66. The van der Waals surface area contributed by atoms with E-state index in [2.05, 4.69) is 31.0 Å². The molecule has 1 aromatic carbocycles. The number of nitrogens with zero attached hydrogens (tertiary/aromatic N) is 5. The van der Waals surface area contributed by atoms with Crippen LogP contribution in [0.1, 0.15) is 11.4 Å². The van der Waals surface area contributed by atoms with Crippen molar-refractivity contribution in [1.29, 1.82) is 0 Å². The zero-order chi connectivity index (χ0) is 23.4. The fourth-order valence-electron chi connectivity index (χ4n) is 3.05. The maximum absolute atomic E-state index is 12.7. The van der Waals surface area contributed by atoms with Crippen molar-refractivity contribution in [3.05, 3.63) is 29.3 Å². The number of rotatable bonds is 8. The van der Waals surface area contributed by atoms with E-state index < -0.39 is 5.92 Å². The molecule has 11 nitrogen and oxygen atoms in total. The molecule has 1 atom stereocenters. The van der Waals surface area contributed by atoms with Crippen LogP contribution in [0.15, 0.2) is 28.6 Å². The van der Waals surface area contributed by atoms with Gasteiger partial charge in [0.2, 0.25) is 28.0 Å². The van der Waals surface area contributed by atoms with E-state index in [4.69, 9.17) is 4.74 Å². The van der Waals surface area contributed by atoms with E-state index in [0.29, 0.717) is 26.0 Å². The molecule has 2 N–H and O–H groups in total. The predicted molar refractivity (Wildman–Crippen MR) is 126 cm³/mol. The zero-order valence-electron chi connectivity index (χ0n) is 17.6. The molecule has 1 fully saturated rings. The number of aryl methyl sites for hydroxylation is 1. The number of hydrogen-bond acceptors (Lipinski definition) is 11. The standard InChI is InChI=1S/C19H19N7O4S3/c1-10-22-23-17(32-10)20-14(27)9-31-19-25-24-18(33-19)21-16(29)11-7-15(28)26(8-11)12-3-5-13(30-2)6-4-12/h3-6,11H,7-9H2,1-2H3,(H,20,23,27)(H,21,24,29). The molecule has 172 valence electrons. The average Bonchev–Trinajstić information content (AvgIpc) is 3.53. The lowest BCUT2D eigenvalue weighted by Gasteiger charge is -2.16. The maximum atomic E-state index is 12.7. The van der Waals surface area contributed by atoms with Gasteiger partial charge in [-0.25, -0.2) is 0 Å². The van der Waals surface area contributed by atoms with E-state index in [9.17, 15) is 14.4 Å². The van der Waals surface area contributed by atoms with Crippen molar-refractivity contribution in [3.8, 4) is 5.75 Å². The molecule has 0 saturated carbocycles. The molecule has 4 rings (SSSR count). The lowest BCUT2D eigenvalue weighted by atomic mass is 10.1. The summed E-state index contributed by atoms with van der Waals surface area (Å²) in [7, 11) is 1.57. The van der Waals surface area contributed by atoms with Crippen LogP contribution < -0.4 is 20.3 Å². The molecule has 0 radical (unpaired) electrons. The van der Waals surface area contributed by atoms with Crippen molar-refractivity contribution >= 4 is 68.1 Å². The topological polar surface area (TPSA) is 139 Å². The Morgan fingerprint density at radius 3 is 2.55 bits per heavy atom. The van der Waals surface area contributed by atoms with Gasteiger partial charge in [0.1, 0.15) is 10.8 Å². The number of nitrogens with one attached hydrogen (secondary N) is 2. The van der Waals surface area contributed by atoms with Gasteiger partial charge in [-0.15, -0.1) is 20.4 Å². The number of thioether (sulfide) groups is 1. The Labute approximate surface area is 201 Å². The van der Waals surface area contributed by atoms with Gasteiger partial charge in [0.15, 0.2) is 4.34 Å². The SMILES string of the molecule is COc1ccc(N2CC(C(=O)Nc3nnc(SCC(=O)Nc4nnc(C)s4)s3)CC2=O)cc1. The summed E-state index contributed by atoms with van der Waals surface area (Å²) in [4.78, 5) is 38.7. The molecule has 0 aliphatic carbocycles. The normalized spacial score (nSPS) is 15.5. The van der Waals surface area contributed by atoms with E-state index in [1.54, 1.807) is 43.2 Å². The van der Waals surface area contributed by atoms with Gasteiger partial charge >= 0.3 is 0 Å². The molecule has 14 heteroatoms. The first-order chi connectivity index (χ1) is 15.9. The second kappa shape index (κ2) is 10.2. The van der Waals surface area contributed by atoms with Crippen LogP contribution in [0.5, 0.6) is 5.75 Å². The third-order valence-corrected chi connectivity index (χ3v) is 7.34. The van der Waals surface area contributed by atoms with Crippen molar-refractivity contribution in [3.63, 3.8) is 0 Å². The number of carbonyl (C=O) groups excluding carboxylic acids is 3. The number of hydrogen-bond donors (Lipinski definition) is 2. The third kappa shape index (κ3) is 5.83. The van der Waals surface area contributed by atoms with Crippen LogP contribution in [0.4, 0.5) is 16.0 Å². The van der Waals surface area contributed by atoms with Crippen molar-refractivity contribution in [2.24, 2.45) is 5.92 Å². The van der Waals surface area contributed by atoms with Crippen LogP contribution in [0, 0.1) is 12.8 Å². The van der Waals surface area contributed by atoms with Crippen molar-refractivity contribution < 1.29 is 19.1 Å². The monoisotopic (exact) mass is 505 g/mol. The van der Waals surface area contributed by atoms with Gasteiger partial charge in [0.05, 0.1) is 18.8 Å². The molecule has 1 saturated heterocycles.